The van der Waals surface area contributed by atoms with Crippen LogP contribution in [-0.4, -0.2) is 47.7 Å². The minimum atomic E-state index is -0.285. The summed E-state index contributed by atoms with van der Waals surface area (Å²) in [5.41, 5.74) is 7.81. The van der Waals surface area contributed by atoms with Gasteiger partial charge in [-0.1, -0.05) is 6.07 Å². The van der Waals surface area contributed by atoms with Crippen LogP contribution in [0.1, 0.15) is 38.2 Å². The standard InChI is InChI=1S/C25H28N8O2/c1-15(2)31-9-7-18-12-22(30-33(18)14-24(31)35)29-21-11-17-10-20(28-25(26)19(17)13-27-21)16(3)32-8-5-4-6-23(32)34/h4-6,8,10-13,15-16H,7,9,14H2,1-3H3,(H2,26,28)(H,27,29,30)/t16-/m1/s1. The zero-order valence-corrected chi connectivity index (χ0v) is 20.0. The normalized spacial score (nSPS) is 14.7. The summed E-state index contributed by atoms with van der Waals surface area (Å²) in [5.74, 6) is 1.65. The number of carbonyl (C=O) groups excluding carboxylic acids is 1. The van der Waals surface area contributed by atoms with Gasteiger partial charge in [0.2, 0.25) is 5.91 Å². The number of carbonyl (C=O) groups is 1. The number of pyridine rings is 3. The van der Waals surface area contributed by atoms with Crippen molar-refractivity contribution < 1.29 is 4.79 Å². The second kappa shape index (κ2) is 8.86. The lowest BCUT2D eigenvalue weighted by molar-refractivity contribution is -0.133. The molecule has 0 bridgehead atoms. The van der Waals surface area contributed by atoms with Crippen LogP contribution in [0.2, 0.25) is 0 Å². The average molecular weight is 473 g/mol. The molecule has 0 radical (unpaired) electrons. The van der Waals surface area contributed by atoms with E-state index in [0.29, 0.717) is 29.7 Å². The van der Waals surface area contributed by atoms with Gasteiger partial charge in [0.1, 0.15) is 18.2 Å². The third-order valence-electron chi connectivity index (χ3n) is 6.42. The number of anilines is 3. The van der Waals surface area contributed by atoms with Crippen LogP contribution in [0, 0.1) is 0 Å². The van der Waals surface area contributed by atoms with Gasteiger partial charge in [0.15, 0.2) is 5.82 Å². The van der Waals surface area contributed by atoms with E-state index >= 15 is 0 Å². The fraction of sp³-hybridized carbons (Fsp3) is 0.320. The van der Waals surface area contributed by atoms with Crippen LogP contribution in [0.4, 0.5) is 17.5 Å². The lowest BCUT2D eigenvalue weighted by Crippen LogP contribution is -2.38. The molecule has 1 aliphatic rings. The number of nitrogens with one attached hydrogen (secondary N) is 1. The molecular formula is C25H28N8O2. The van der Waals surface area contributed by atoms with Gasteiger partial charge in [0, 0.05) is 54.6 Å². The van der Waals surface area contributed by atoms with Crippen LogP contribution < -0.4 is 16.6 Å². The Morgan fingerprint density at radius 1 is 1.09 bits per heavy atom. The van der Waals surface area contributed by atoms with Gasteiger partial charge in [0.05, 0.1) is 11.7 Å². The fourth-order valence-corrected chi connectivity index (χ4v) is 4.49. The number of aromatic nitrogens is 5. The smallest absolute Gasteiger partial charge is 0.251 e. The van der Waals surface area contributed by atoms with Gasteiger partial charge >= 0.3 is 0 Å². The minimum Gasteiger partial charge on any atom is -0.383 e. The van der Waals surface area contributed by atoms with Crippen molar-refractivity contribution in [2.24, 2.45) is 0 Å². The molecule has 0 spiro atoms. The molecule has 1 aliphatic heterocycles. The lowest BCUT2D eigenvalue weighted by Gasteiger charge is -2.24. The van der Waals surface area contributed by atoms with E-state index in [1.165, 1.54) is 6.07 Å². The van der Waals surface area contributed by atoms with E-state index in [2.05, 4.69) is 20.4 Å². The Hall–Kier alpha value is -4.21. The van der Waals surface area contributed by atoms with Crippen LogP contribution in [0.5, 0.6) is 0 Å². The maximum Gasteiger partial charge on any atom is 0.251 e. The topological polar surface area (TPSA) is 124 Å². The predicted octanol–water partition coefficient (Wildman–Crippen LogP) is 2.72. The molecular weight excluding hydrogens is 444 g/mol. The number of hydrogen-bond donors (Lipinski definition) is 2. The van der Waals surface area contributed by atoms with Crippen molar-refractivity contribution in [3.05, 3.63) is 70.5 Å². The van der Waals surface area contributed by atoms with Crippen molar-refractivity contribution in [2.75, 3.05) is 17.6 Å². The number of nitrogen functional groups attached to an aromatic ring is 1. The first-order valence-electron chi connectivity index (χ1n) is 11.7. The highest BCUT2D eigenvalue weighted by molar-refractivity contribution is 5.92. The van der Waals surface area contributed by atoms with Gasteiger partial charge in [0.25, 0.3) is 5.56 Å². The first-order valence-corrected chi connectivity index (χ1v) is 11.7. The molecule has 0 fully saturated rings. The highest BCUT2D eigenvalue weighted by Crippen LogP contribution is 2.27. The predicted molar refractivity (Wildman–Crippen MR) is 135 cm³/mol. The van der Waals surface area contributed by atoms with Gasteiger partial charge in [-0.25, -0.2) is 9.97 Å². The molecule has 0 saturated carbocycles. The zero-order chi connectivity index (χ0) is 24.7. The first-order chi connectivity index (χ1) is 16.8. The lowest BCUT2D eigenvalue weighted by atomic mass is 10.1. The molecule has 35 heavy (non-hydrogen) atoms. The third-order valence-corrected chi connectivity index (χ3v) is 6.42. The molecule has 5 heterocycles. The number of nitrogens with zero attached hydrogens (tertiary/aromatic N) is 6. The van der Waals surface area contributed by atoms with E-state index in [4.69, 9.17) is 5.73 Å². The monoisotopic (exact) mass is 472 g/mol. The molecule has 10 nitrogen and oxygen atoms in total. The van der Waals surface area contributed by atoms with E-state index in [0.717, 1.165) is 22.9 Å². The molecule has 1 atom stereocenters. The highest BCUT2D eigenvalue weighted by atomic mass is 16.2. The summed E-state index contributed by atoms with van der Waals surface area (Å²) in [6, 6.07) is 10.7. The number of rotatable bonds is 5. The summed E-state index contributed by atoms with van der Waals surface area (Å²) in [4.78, 5) is 35.7. The average Bonchev–Trinajstić information content (AvgIpc) is 3.11. The van der Waals surface area contributed by atoms with Gasteiger partial charge in [-0.15, -0.1) is 0 Å². The van der Waals surface area contributed by atoms with E-state index < -0.39 is 0 Å². The number of nitrogens with two attached hydrogens (primary N) is 1. The number of hydrogen-bond acceptors (Lipinski definition) is 7. The number of fused-ring (bicyclic) bond motifs is 2. The molecule has 0 unspecified atom stereocenters. The quantitative estimate of drug-likeness (QED) is 0.458. The van der Waals surface area contributed by atoms with Crippen LogP contribution in [0.25, 0.3) is 10.8 Å². The van der Waals surface area contributed by atoms with Crippen LogP contribution in [0.15, 0.2) is 53.6 Å². The molecule has 0 saturated heterocycles. The Kier molecular flexibility index (Phi) is 5.72. The third kappa shape index (κ3) is 4.34. The Balaban J connectivity index is 1.42. The molecule has 1 amide bonds. The zero-order valence-electron chi connectivity index (χ0n) is 20.0. The maximum absolute atomic E-state index is 12.6. The van der Waals surface area contributed by atoms with E-state index in [1.807, 2.05) is 49.9 Å². The van der Waals surface area contributed by atoms with Crippen molar-refractivity contribution in [1.82, 2.24) is 29.2 Å². The summed E-state index contributed by atoms with van der Waals surface area (Å²) in [6.45, 7) is 6.86. The summed E-state index contributed by atoms with van der Waals surface area (Å²) in [5, 5.41) is 9.41. The van der Waals surface area contributed by atoms with E-state index in [9.17, 15) is 9.59 Å². The largest absolute Gasteiger partial charge is 0.383 e. The Bertz CT molecular complexity index is 1470. The van der Waals surface area contributed by atoms with Crippen molar-refractivity contribution in [3.8, 4) is 0 Å². The molecule has 4 aromatic rings. The van der Waals surface area contributed by atoms with Crippen LogP contribution in [-0.2, 0) is 17.8 Å². The molecule has 3 N–H and O–H groups in total. The van der Waals surface area contributed by atoms with Gasteiger partial charge in [-0.05, 0) is 44.4 Å². The summed E-state index contributed by atoms with van der Waals surface area (Å²) in [7, 11) is 0. The molecule has 10 heteroatoms. The summed E-state index contributed by atoms with van der Waals surface area (Å²) in [6.07, 6.45) is 4.16. The van der Waals surface area contributed by atoms with Crippen molar-refractivity contribution in [1.29, 1.82) is 0 Å². The SMILES string of the molecule is CC(C)N1CCc2cc(Nc3cc4cc([C@@H](C)n5ccccc5=O)nc(N)c4cn3)nn2CC1=O. The second-order valence-electron chi connectivity index (χ2n) is 9.08. The fourth-order valence-electron chi connectivity index (χ4n) is 4.49. The molecule has 180 valence electrons. The van der Waals surface area contributed by atoms with Crippen molar-refractivity contribution in [2.45, 2.75) is 45.8 Å². The van der Waals surface area contributed by atoms with Crippen LogP contribution in [0.3, 0.4) is 0 Å². The molecule has 0 aromatic carbocycles. The van der Waals surface area contributed by atoms with Crippen molar-refractivity contribution in [3.63, 3.8) is 0 Å². The molecule has 0 aliphatic carbocycles. The van der Waals surface area contributed by atoms with Crippen molar-refractivity contribution >= 4 is 34.1 Å². The molecule has 4 aromatic heterocycles. The first kappa shape index (κ1) is 22.6. The highest BCUT2D eigenvalue weighted by Gasteiger charge is 2.24. The Labute approximate surface area is 202 Å². The van der Waals surface area contributed by atoms with E-state index in [-0.39, 0.29) is 30.1 Å². The minimum absolute atomic E-state index is 0.0689. The molecule has 5 rings (SSSR count). The Morgan fingerprint density at radius 3 is 2.69 bits per heavy atom. The van der Waals surface area contributed by atoms with E-state index in [1.54, 1.807) is 27.7 Å². The van der Waals surface area contributed by atoms with Crippen LogP contribution >= 0.6 is 0 Å². The van der Waals surface area contributed by atoms with Gasteiger partial charge < -0.3 is 20.5 Å². The summed E-state index contributed by atoms with van der Waals surface area (Å²) < 4.78 is 3.38. The summed E-state index contributed by atoms with van der Waals surface area (Å²) >= 11 is 0. The van der Waals surface area contributed by atoms with Gasteiger partial charge in [-0.3, -0.25) is 14.3 Å². The Morgan fingerprint density at radius 2 is 1.91 bits per heavy atom. The van der Waals surface area contributed by atoms with Gasteiger partial charge in [-0.2, -0.15) is 5.10 Å². The second-order valence-corrected chi connectivity index (χ2v) is 9.08. The maximum atomic E-state index is 12.6. The number of amides is 1.